The number of aromatic nitrogens is 1. The lowest BCUT2D eigenvalue weighted by Crippen LogP contribution is -2.00. The normalized spacial score (nSPS) is 10.4. The van der Waals surface area contributed by atoms with Crippen LogP contribution in [0.3, 0.4) is 0 Å². The molecule has 84 valence electrons. The Morgan fingerprint density at radius 1 is 1.25 bits per heavy atom. The van der Waals surface area contributed by atoms with E-state index in [9.17, 15) is 0 Å². The average molecular weight is 216 g/mol. The fraction of sp³-hybridized carbons (Fsp3) is 0.308. The van der Waals surface area contributed by atoms with E-state index in [2.05, 4.69) is 24.1 Å². The van der Waals surface area contributed by atoms with E-state index in [1.54, 1.807) is 6.20 Å². The Hall–Kier alpha value is -1.77. The summed E-state index contributed by atoms with van der Waals surface area (Å²) < 4.78 is 5.61. The van der Waals surface area contributed by atoms with Crippen molar-refractivity contribution in [2.24, 2.45) is 0 Å². The van der Waals surface area contributed by atoms with Gasteiger partial charge in [0.25, 0.3) is 0 Å². The summed E-state index contributed by atoms with van der Waals surface area (Å²) in [6.45, 7) is 4.84. The molecular weight excluding hydrogens is 200 g/mol. The van der Waals surface area contributed by atoms with Gasteiger partial charge in [0.05, 0.1) is 18.4 Å². The average Bonchev–Trinajstić information content (AvgIpc) is 2.76. The second-order valence-electron chi connectivity index (χ2n) is 3.77. The first-order valence-corrected chi connectivity index (χ1v) is 5.51. The minimum Gasteiger partial charge on any atom is -0.464 e. The SMILES string of the molecule is CCc1ccc(CNc2cnccc2C)o1. The summed E-state index contributed by atoms with van der Waals surface area (Å²) in [5.74, 6) is 1.99. The maximum atomic E-state index is 5.61. The second kappa shape index (κ2) is 4.84. The van der Waals surface area contributed by atoms with Crippen LogP contribution in [-0.4, -0.2) is 4.98 Å². The third kappa shape index (κ3) is 2.42. The molecule has 0 unspecified atom stereocenters. The summed E-state index contributed by atoms with van der Waals surface area (Å²) in [4.78, 5) is 4.09. The Labute approximate surface area is 95.5 Å². The lowest BCUT2D eigenvalue weighted by molar-refractivity contribution is 0.476. The van der Waals surface area contributed by atoms with E-state index in [-0.39, 0.29) is 0 Å². The van der Waals surface area contributed by atoms with Gasteiger partial charge in [-0.05, 0) is 30.7 Å². The third-order valence-electron chi connectivity index (χ3n) is 2.56. The van der Waals surface area contributed by atoms with Crippen LogP contribution in [0.5, 0.6) is 0 Å². The van der Waals surface area contributed by atoms with Crippen LogP contribution < -0.4 is 5.32 Å². The van der Waals surface area contributed by atoms with Crippen molar-refractivity contribution < 1.29 is 4.42 Å². The zero-order valence-corrected chi connectivity index (χ0v) is 9.66. The largest absolute Gasteiger partial charge is 0.464 e. The first-order chi connectivity index (χ1) is 7.79. The third-order valence-corrected chi connectivity index (χ3v) is 2.56. The molecule has 2 heterocycles. The van der Waals surface area contributed by atoms with Crippen LogP contribution in [-0.2, 0) is 13.0 Å². The maximum Gasteiger partial charge on any atom is 0.123 e. The Kier molecular flexibility index (Phi) is 3.25. The zero-order valence-electron chi connectivity index (χ0n) is 9.66. The van der Waals surface area contributed by atoms with Gasteiger partial charge < -0.3 is 9.73 Å². The number of nitrogens with zero attached hydrogens (tertiary/aromatic N) is 1. The second-order valence-corrected chi connectivity index (χ2v) is 3.77. The number of rotatable bonds is 4. The topological polar surface area (TPSA) is 38.1 Å². The highest BCUT2D eigenvalue weighted by molar-refractivity contribution is 5.47. The van der Waals surface area contributed by atoms with Gasteiger partial charge in [-0.25, -0.2) is 0 Å². The molecule has 0 saturated carbocycles. The molecule has 2 aromatic heterocycles. The van der Waals surface area contributed by atoms with E-state index in [1.165, 1.54) is 5.56 Å². The summed E-state index contributed by atoms with van der Waals surface area (Å²) in [5, 5.41) is 3.31. The van der Waals surface area contributed by atoms with Crippen molar-refractivity contribution in [2.75, 3.05) is 5.32 Å². The van der Waals surface area contributed by atoms with Gasteiger partial charge in [-0.1, -0.05) is 6.92 Å². The van der Waals surface area contributed by atoms with Gasteiger partial charge in [0.15, 0.2) is 0 Å². The number of nitrogens with one attached hydrogen (secondary N) is 1. The van der Waals surface area contributed by atoms with E-state index in [0.717, 1.165) is 23.6 Å². The van der Waals surface area contributed by atoms with Gasteiger partial charge in [-0.2, -0.15) is 0 Å². The number of anilines is 1. The number of hydrogen-bond donors (Lipinski definition) is 1. The number of pyridine rings is 1. The molecule has 2 rings (SSSR count). The first kappa shape index (κ1) is 10.7. The summed E-state index contributed by atoms with van der Waals surface area (Å²) in [5.41, 5.74) is 2.24. The Balaban J connectivity index is 1.99. The molecule has 0 aromatic carbocycles. The fourth-order valence-corrected chi connectivity index (χ4v) is 1.54. The summed E-state index contributed by atoms with van der Waals surface area (Å²) in [6, 6.07) is 6.02. The van der Waals surface area contributed by atoms with E-state index in [4.69, 9.17) is 4.42 Å². The van der Waals surface area contributed by atoms with E-state index >= 15 is 0 Å². The Morgan fingerprint density at radius 3 is 2.75 bits per heavy atom. The molecule has 0 atom stereocenters. The van der Waals surface area contributed by atoms with Crippen molar-refractivity contribution in [3.05, 3.63) is 47.7 Å². The number of furan rings is 1. The van der Waals surface area contributed by atoms with Crippen LogP contribution in [0.4, 0.5) is 5.69 Å². The summed E-state index contributed by atoms with van der Waals surface area (Å²) in [7, 11) is 0. The lowest BCUT2D eigenvalue weighted by atomic mass is 10.2. The highest BCUT2D eigenvalue weighted by Crippen LogP contribution is 2.14. The molecule has 16 heavy (non-hydrogen) atoms. The van der Waals surface area contributed by atoms with Crippen molar-refractivity contribution in [2.45, 2.75) is 26.8 Å². The predicted octanol–water partition coefficient (Wildman–Crippen LogP) is 3.16. The number of hydrogen-bond acceptors (Lipinski definition) is 3. The van der Waals surface area contributed by atoms with Crippen molar-refractivity contribution in [1.82, 2.24) is 4.98 Å². The Morgan fingerprint density at radius 2 is 2.06 bits per heavy atom. The Bertz CT molecular complexity index is 462. The van der Waals surface area contributed by atoms with E-state index in [0.29, 0.717) is 6.54 Å². The molecule has 2 aromatic rings. The highest BCUT2D eigenvalue weighted by atomic mass is 16.3. The van der Waals surface area contributed by atoms with Crippen LogP contribution >= 0.6 is 0 Å². The van der Waals surface area contributed by atoms with Gasteiger partial charge >= 0.3 is 0 Å². The molecule has 0 spiro atoms. The van der Waals surface area contributed by atoms with Crippen molar-refractivity contribution in [3.8, 4) is 0 Å². The van der Waals surface area contributed by atoms with Gasteiger partial charge in [-0.3, -0.25) is 4.98 Å². The molecule has 3 heteroatoms. The highest BCUT2D eigenvalue weighted by Gasteiger charge is 2.01. The van der Waals surface area contributed by atoms with Crippen LogP contribution in [0.1, 0.15) is 24.0 Å². The van der Waals surface area contributed by atoms with Crippen molar-refractivity contribution in [1.29, 1.82) is 0 Å². The predicted molar refractivity (Wildman–Crippen MR) is 64.4 cm³/mol. The smallest absolute Gasteiger partial charge is 0.123 e. The van der Waals surface area contributed by atoms with Gasteiger partial charge in [-0.15, -0.1) is 0 Å². The van der Waals surface area contributed by atoms with Crippen LogP contribution in [0, 0.1) is 6.92 Å². The molecule has 0 aliphatic rings. The molecule has 0 bridgehead atoms. The lowest BCUT2D eigenvalue weighted by Gasteiger charge is -2.06. The minimum atomic E-state index is 0.701. The maximum absolute atomic E-state index is 5.61. The first-order valence-electron chi connectivity index (χ1n) is 5.51. The monoisotopic (exact) mass is 216 g/mol. The van der Waals surface area contributed by atoms with Crippen LogP contribution in [0.15, 0.2) is 35.0 Å². The van der Waals surface area contributed by atoms with E-state index < -0.39 is 0 Å². The number of aryl methyl sites for hydroxylation is 2. The van der Waals surface area contributed by atoms with Crippen LogP contribution in [0.25, 0.3) is 0 Å². The standard InChI is InChI=1S/C13H16N2O/c1-3-11-4-5-12(16-11)8-15-13-9-14-7-6-10(13)2/h4-7,9,15H,3,8H2,1-2H3. The van der Waals surface area contributed by atoms with E-state index in [1.807, 2.05) is 24.4 Å². The molecule has 0 aliphatic carbocycles. The molecule has 0 amide bonds. The van der Waals surface area contributed by atoms with Gasteiger partial charge in [0.1, 0.15) is 11.5 Å². The molecule has 1 N–H and O–H groups in total. The van der Waals surface area contributed by atoms with Gasteiger partial charge in [0.2, 0.25) is 0 Å². The van der Waals surface area contributed by atoms with Crippen LogP contribution in [0.2, 0.25) is 0 Å². The quantitative estimate of drug-likeness (QED) is 0.853. The van der Waals surface area contributed by atoms with Crippen molar-refractivity contribution in [3.63, 3.8) is 0 Å². The van der Waals surface area contributed by atoms with Gasteiger partial charge in [0, 0.05) is 12.6 Å². The molecule has 3 nitrogen and oxygen atoms in total. The molecular formula is C13H16N2O. The summed E-state index contributed by atoms with van der Waals surface area (Å²) >= 11 is 0. The molecule has 0 radical (unpaired) electrons. The summed E-state index contributed by atoms with van der Waals surface area (Å²) in [6.07, 6.45) is 4.56. The molecule has 0 aliphatic heterocycles. The minimum absolute atomic E-state index is 0.701. The fourth-order valence-electron chi connectivity index (χ4n) is 1.54. The molecule has 0 fully saturated rings. The molecule has 0 saturated heterocycles. The zero-order chi connectivity index (χ0) is 11.4. The van der Waals surface area contributed by atoms with Crippen molar-refractivity contribution >= 4 is 5.69 Å².